The molecule has 0 aromatic rings. The van der Waals surface area contributed by atoms with Gasteiger partial charge in [0.1, 0.15) is 12.0 Å². The van der Waals surface area contributed by atoms with Crippen molar-refractivity contribution in [1.29, 1.82) is 0 Å². The zero-order chi connectivity index (χ0) is 18.5. The van der Waals surface area contributed by atoms with Crippen LogP contribution in [0.15, 0.2) is 0 Å². The molecule has 0 aromatic carbocycles. The van der Waals surface area contributed by atoms with Gasteiger partial charge in [-0.15, -0.1) is 11.8 Å². The van der Waals surface area contributed by atoms with Gasteiger partial charge in [-0.2, -0.15) is 0 Å². The van der Waals surface area contributed by atoms with Crippen LogP contribution in [0.2, 0.25) is 0 Å². The third-order valence-corrected chi connectivity index (χ3v) is 7.36. The van der Waals surface area contributed by atoms with Crippen LogP contribution in [0, 0.1) is 5.92 Å². The summed E-state index contributed by atoms with van der Waals surface area (Å²) in [7, 11) is 1.68. The zero-order valence-electron chi connectivity index (χ0n) is 15.8. The molecule has 0 radical (unpaired) electrons. The van der Waals surface area contributed by atoms with Crippen LogP contribution in [0.4, 0.5) is 0 Å². The van der Waals surface area contributed by atoms with Gasteiger partial charge in [-0.05, 0) is 26.7 Å². The van der Waals surface area contributed by atoms with Crippen molar-refractivity contribution in [2.45, 2.75) is 74.3 Å². The SMILES string of the molecule is CN(C(=O)[C@@H](O)[C@@H]1C(=O)N2[C@@H]1SC(C)(C)[C@@H]2C(=O)[O-])C1CCCCC1.[Na+]. The molecular weight excluding hydrogens is 367 g/mol. The Morgan fingerprint density at radius 2 is 1.88 bits per heavy atom. The van der Waals surface area contributed by atoms with E-state index in [0.29, 0.717) is 0 Å². The predicted molar refractivity (Wildman–Crippen MR) is 90.2 cm³/mol. The summed E-state index contributed by atoms with van der Waals surface area (Å²) in [6.07, 6.45) is 3.69. The fourth-order valence-corrected chi connectivity index (χ4v) is 6.04. The summed E-state index contributed by atoms with van der Waals surface area (Å²) in [6.45, 7) is 3.48. The van der Waals surface area contributed by atoms with Crippen molar-refractivity contribution < 1.29 is 54.2 Å². The van der Waals surface area contributed by atoms with Gasteiger partial charge in [-0.25, -0.2) is 0 Å². The summed E-state index contributed by atoms with van der Waals surface area (Å²) in [5.74, 6) is -3.10. The Morgan fingerprint density at radius 1 is 1.31 bits per heavy atom. The Hall–Kier alpha value is -0.280. The number of aliphatic hydroxyl groups excluding tert-OH is 1. The summed E-state index contributed by atoms with van der Waals surface area (Å²) < 4.78 is -0.716. The molecule has 4 atom stereocenters. The van der Waals surface area contributed by atoms with Crippen LogP contribution in [0.5, 0.6) is 0 Å². The number of aliphatic hydroxyl groups is 1. The molecule has 2 amide bonds. The first-order valence-electron chi connectivity index (χ1n) is 8.82. The Labute approximate surface area is 180 Å². The molecule has 1 saturated carbocycles. The van der Waals surface area contributed by atoms with Crippen LogP contribution in [-0.2, 0) is 14.4 Å². The largest absolute Gasteiger partial charge is 1.00 e. The zero-order valence-corrected chi connectivity index (χ0v) is 18.6. The number of thioether (sulfide) groups is 1. The molecule has 3 fully saturated rings. The second kappa shape index (κ2) is 7.99. The third-order valence-electron chi connectivity index (χ3n) is 5.77. The van der Waals surface area contributed by atoms with E-state index in [0.717, 1.165) is 32.1 Å². The molecule has 26 heavy (non-hydrogen) atoms. The molecule has 0 unspecified atom stereocenters. The van der Waals surface area contributed by atoms with Crippen molar-refractivity contribution in [3.8, 4) is 0 Å². The first kappa shape index (κ1) is 22.0. The smallest absolute Gasteiger partial charge is 0.548 e. The van der Waals surface area contributed by atoms with Gasteiger partial charge in [-0.3, -0.25) is 9.59 Å². The molecular formula is C17H25N2NaO5S. The van der Waals surface area contributed by atoms with Gasteiger partial charge in [0, 0.05) is 17.8 Å². The molecule has 0 aromatic heterocycles. The fourth-order valence-electron chi connectivity index (χ4n) is 4.32. The van der Waals surface area contributed by atoms with Crippen molar-refractivity contribution in [2.75, 3.05) is 7.05 Å². The monoisotopic (exact) mass is 392 g/mol. The van der Waals surface area contributed by atoms with Gasteiger partial charge < -0.3 is 24.8 Å². The van der Waals surface area contributed by atoms with Gasteiger partial charge in [-0.1, -0.05) is 19.3 Å². The number of likely N-dealkylation sites (N-methyl/N-ethyl adjacent to an activating group) is 1. The van der Waals surface area contributed by atoms with Crippen molar-refractivity contribution in [3.63, 3.8) is 0 Å². The fraction of sp³-hybridized carbons (Fsp3) is 0.824. The molecule has 7 nitrogen and oxygen atoms in total. The second-order valence-corrected chi connectivity index (χ2v) is 9.56. The summed E-state index contributed by atoms with van der Waals surface area (Å²) in [6, 6.07) is -0.935. The number of fused-ring (bicyclic) bond motifs is 1. The predicted octanol–water partition coefficient (Wildman–Crippen LogP) is -3.43. The number of carbonyl (C=O) groups is 3. The molecule has 140 valence electrons. The molecule has 3 aliphatic rings. The van der Waals surface area contributed by atoms with Crippen LogP contribution < -0.4 is 34.7 Å². The van der Waals surface area contributed by atoms with Gasteiger partial charge in [0.2, 0.25) is 5.91 Å². The van der Waals surface area contributed by atoms with E-state index in [9.17, 15) is 24.6 Å². The Balaban J connectivity index is 0.00000243. The molecule has 0 bridgehead atoms. The molecule has 9 heteroatoms. The Morgan fingerprint density at radius 3 is 2.42 bits per heavy atom. The van der Waals surface area contributed by atoms with E-state index >= 15 is 0 Å². The minimum Gasteiger partial charge on any atom is -0.548 e. The maximum atomic E-state index is 12.7. The minimum absolute atomic E-state index is 0. The number of rotatable bonds is 4. The number of hydrogen-bond acceptors (Lipinski definition) is 6. The molecule has 2 heterocycles. The maximum absolute atomic E-state index is 12.7. The molecule has 0 spiro atoms. The molecule has 3 rings (SSSR count). The van der Waals surface area contributed by atoms with Gasteiger partial charge in [0.05, 0.1) is 17.4 Å². The quantitative estimate of drug-likeness (QED) is 0.395. The number of carboxylic acids is 1. The molecule has 1 aliphatic carbocycles. The number of carbonyl (C=O) groups excluding carboxylic acids is 3. The standard InChI is InChI=1S/C17H26N2O5S.Na/c1-17(2)12(16(23)24)19-13(21)10(15(19)25-17)11(20)14(22)18(3)9-7-5-4-6-8-9;/h9-12,15,20H,4-8H2,1-3H3,(H,23,24);/q;+1/p-1/t10-,11+,12+,15-;/m1./s1. The van der Waals surface area contributed by atoms with Gasteiger partial charge in [0.25, 0.3) is 5.91 Å². The first-order chi connectivity index (χ1) is 11.7. The topological polar surface area (TPSA) is 101 Å². The van der Waals surface area contributed by atoms with Crippen molar-refractivity contribution in [2.24, 2.45) is 5.92 Å². The first-order valence-corrected chi connectivity index (χ1v) is 9.70. The summed E-state index contributed by atoms with van der Waals surface area (Å²) in [5, 5.41) is 21.5. The van der Waals surface area contributed by atoms with E-state index in [-0.39, 0.29) is 35.6 Å². The van der Waals surface area contributed by atoms with Crippen LogP contribution in [-0.4, -0.2) is 68.0 Å². The average Bonchev–Trinajstić information content (AvgIpc) is 2.82. The van der Waals surface area contributed by atoms with Gasteiger partial charge in [0.15, 0.2) is 0 Å². The van der Waals surface area contributed by atoms with E-state index in [1.807, 2.05) is 0 Å². The molecule has 1 N–H and O–H groups in total. The number of amides is 2. The normalized spacial score (nSPS) is 31.5. The van der Waals surface area contributed by atoms with Crippen molar-refractivity contribution >= 4 is 29.5 Å². The number of hydrogen-bond donors (Lipinski definition) is 1. The van der Waals surface area contributed by atoms with E-state index < -0.39 is 46.0 Å². The number of nitrogens with zero attached hydrogens (tertiary/aromatic N) is 2. The number of aliphatic carboxylic acids is 1. The summed E-state index contributed by atoms with van der Waals surface area (Å²) in [5.41, 5.74) is 0. The van der Waals surface area contributed by atoms with Crippen molar-refractivity contribution in [1.82, 2.24) is 9.80 Å². The van der Waals surface area contributed by atoms with Crippen LogP contribution in [0.1, 0.15) is 46.0 Å². The Bertz CT molecular complexity index is 596. The van der Waals surface area contributed by atoms with E-state index in [4.69, 9.17) is 0 Å². The summed E-state index contributed by atoms with van der Waals surface area (Å²) >= 11 is 1.31. The van der Waals surface area contributed by atoms with Crippen molar-refractivity contribution in [3.05, 3.63) is 0 Å². The van der Waals surface area contributed by atoms with E-state index in [1.165, 1.54) is 16.7 Å². The van der Waals surface area contributed by atoms with Crippen LogP contribution in [0.25, 0.3) is 0 Å². The van der Waals surface area contributed by atoms with E-state index in [1.54, 1.807) is 25.8 Å². The number of carboxylic acid groups (broad SMARTS) is 1. The molecule has 2 aliphatic heterocycles. The van der Waals surface area contributed by atoms with Gasteiger partial charge >= 0.3 is 29.6 Å². The Kier molecular flexibility index (Phi) is 6.77. The molecule has 2 saturated heterocycles. The van der Waals surface area contributed by atoms with Crippen LogP contribution >= 0.6 is 11.8 Å². The number of β-lactam (4-membered cyclic amide) rings is 1. The third kappa shape index (κ3) is 3.55. The maximum Gasteiger partial charge on any atom is 1.00 e. The van der Waals surface area contributed by atoms with E-state index in [2.05, 4.69) is 0 Å². The summed E-state index contributed by atoms with van der Waals surface area (Å²) in [4.78, 5) is 39.4. The van der Waals surface area contributed by atoms with Crippen LogP contribution in [0.3, 0.4) is 0 Å². The second-order valence-electron chi connectivity index (χ2n) is 7.79. The minimum atomic E-state index is -1.43. The average molecular weight is 392 g/mol.